The number of ether oxygens (including phenoxy) is 1. The largest absolute Gasteiger partial charge is 0.494 e. The fraction of sp³-hybridized carbons (Fsp3) is 0.562. The lowest BCUT2D eigenvalue weighted by molar-refractivity contribution is -0.120. The second-order valence-electron chi connectivity index (χ2n) is 5.47. The lowest BCUT2D eigenvalue weighted by Gasteiger charge is -2.25. The average Bonchev–Trinajstić information content (AvgIpc) is 2.47. The summed E-state index contributed by atoms with van der Waals surface area (Å²) in [5, 5.41) is 2.97. The monoisotopic (exact) mass is 276 g/mol. The van der Waals surface area contributed by atoms with Crippen molar-refractivity contribution in [1.29, 1.82) is 0 Å². The van der Waals surface area contributed by atoms with Gasteiger partial charge in [-0.15, -0.1) is 0 Å². The molecule has 4 heteroatoms. The van der Waals surface area contributed by atoms with E-state index in [1.807, 2.05) is 24.3 Å². The van der Waals surface area contributed by atoms with Gasteiger partial charge in [-0.2, -0.15) is 0 Å². The fourth-order valence-corrected chi connectivity index (χ4v) is 2.48. The Balaban J connectivity index is 1.84. The molecule has 3 N–H and O–H groups in total. The average molecular weight is 276 g/mol. The van der Waals surface area contributed by atoms with E-state index in [1.54, 1.807) is 0 Å². The normalized spacial score (nSPS) is 22.3. The maximum atomic E-state index is 12.1. The van der Waals surface area contributed by atoms with E-state index >= 15 is 0 Å². The number of nitrogens with one attached hydrogen (secondary N) is 1. The van der Waals surface area contributed by atoms with Crippen molar-refractivity contribution in [2.75, 3.05) is 11.9 Å². The van der Waals surface area contributed by atoms with Crippen LogP contribution in [0.25, 0.3) is 0 Å². The van der Waals surface area contributed by atoms with Crippen LogP contribution in [0.2, 0.25) is 0 Å². The molecule has 0 spiro atoms. The van der Waals surface area contributed by atoms with Gasteiger partial charge in [0.05, 0.1) is 6.61 Å². The Labute approximate surface area is 120 Å². The zero-order chi connectivity index (χ0) is 14.4. The standard InChI is InChI=1S/C16H24N2O2/c1-2-11-20-15-9-7-14(8-10-15)18-16(19)12-3-5-13(17)6-4-12/h7-10,12-13H,2-6,11,17H2,1H3,(H,18,19). The topological polar surface area (TPSA) is 64.3 Å². The summed E-state index contributed by atoms with van der Waals surface area (Å²) >= 11 is 0. The molecule has 0 aliphatic heterocycles. The molecule has 20 heavy (non-hydrogen) atoms. The maximum Gasteiger partial charge on any atom is 0.227 e. The first-order chi connectivity index (χ1) is 9.69. The molecule has 0 saturated heterocycles. The molecule has 1 aliphatic rings. The van der Waals surface area contributed by atoms with E-state index in [0.29, 0.717) is 6.61 Å². The summed E-state index contributed by atoms with van der Waals surface area (Å²) in [6, 6.07) is 7.83. The van der Waals surface area contributed by atoms with E-state index in [-0.39, 0.29) is 17.9 Å². The highest BCUT2D eigenvalue weighted by Crippen LogP contribution is 2.25. The number of amides is 1. The third-order valence-corrected chi connectivity index (χ3v) is 3.74. The fourth-order valence-electron chi connectivity index (χ4n) is 2.48. The summed E-state index contributed by atoms with van der Waals surface area (Å²) in [7, 11) is 0. The highest BCUT2D eigenvalue weighted by Gasteiger charge is 2.24. The number of hydrogen-bond acceptors (Lipinski definition) is 3. The summed E-state index contributed by atoms with van der Waals surface area (Å²) < 4.78 is 5.52. The van der Waals surface area contributed by atoms with Crippen molar-refractivity contribution in [1.82, 2.24) is 0 Å². The van der Waals surface area contributed by atoms with Crippen molar-refractivity contribution in [3.8, 4) is 5.75 Å². The molecule has 0 aromatic heterocycles. The van der Waals surface area contributed by atoms with Crippen LogP contribution >= 0.6 is 0 Å². The highest BCUT2D eigenvalue weighted by atomic mass is 16.5. The molecule has 4 nitrogen and oxygen atoms in total. The van der Waals surface area contributed by atoms with Crippen molar-refractivity contribution in [3.05, 3.63) is 24.3 Å². The maximum absolute atomic E-state index is 12.1. The van der Waals surface area contributed by atoms with Gasteiger partial charge in [0.15, 0.2) is 0 Å². The van der Waals surface area contributed by atoms with Gasteiger partial charge in [0.25, 0.3) is 0 Å². The van der Waals surface area contributed by atoms with E-state index in [4.69, 9.17) is 10.5 Å². The molecular formula is C16H24N2O2. The number of benzene rings is 1. The third-order valence-electron chi connectivity index (χ3n) is 3.74. The molecule has 0 radical (unpaired) electrons. The molecule has 0 unspecified atom stereocenters. The van der Waals surface area contributed by atoms with Gasteiger partial charge in [-0.3, -0.25) is 4.79 Å². The van der Waals surface area contributed by atoms with E-state index < -0.39 is 0 Å². The third kappa shape index (κ3) is 4.23. The Morgan fingerprint density at radius 2 is 1.90 bits per heavy atom. The molecule has 0 atom stereocenters. The van der Waals surface area contributed by atoms with Crippen LogP contribution in [0.5, 0.6) is 5.75 Å². The number of anilines is 1. The first-order valence-electron chi connectivity index (χ1n) is 7.48. The van der Waals surface area contributed by atoms with Crippen molar-refractivity contribution >= 4 is 11.6 Å². The van der Waals surface area contributed by atoms with E-state index in [0.717, 1.165) is 43.5 Å². The minimum Gasteiger partial charge on any atom is -0.494 e. The smallest absolute Gasteiger partial charge is 0.227 e. The van der Waals surface area contributed by atoms with E-state index in [2.05, 4.69) is 12.2 Å². The Bertz CT molecular complexity index is 423. The molecule has 1 aromatic carbocycles. The van der Waals surface area contributed by atoms with Gasteiger partial charge in [0.1, 0.15) is 5.75 Å². The lowest BCUT2D eigenvalue weighted by Crippen LogP contribution is -2.32. The molecule has 110 valence electrons. The van der Waals surface area contributed by atoms with Gasteiger partial charge in [0.2, 0.25) is 5.91 Å². The van der Waals surface area contributed by atoms with Crippen LogP contribution in [-0.4, -0.2) is 18.6 Å². The highest BCUT2D eigenvalue weighted by molar-refractivity contribution is 5.92. The van der Waals surface area contributed by atoms with E-state index in [9.17, 15) is 4.79 Å². The first-order valence-corrected chi connectivity index (χ1v) is 7.48. The Kier molecular flexibility index (Phi) is 5.41. The van der Waals surface area contributed by atoms with Crippen LogP contribution in [0.4, 0.5) is 5.69 Å². The molecule has 1 aromatic rings. The minimum atomic E-state index is 0.103. The minimum absolute atomic E-state index is 0.103. The van der Waals surface area contributed by atoms with Gasteiger partial charge >= 0.3 is 0 Å². The van der Waals surface area contributed by atoms with Crippen molar-refractivity contribution < 1.29 is 9.53 Å². The molecule has 1 fully saturated rings. The predicted molar refractivity (Wildman–Crippen MR) is 80.8 cm³/mol. The van der Waals surface area contributed by atoms with Crippen molar-refractivity contribution in [2.24, 2.45) is 11.7 Å². The molecule has 1 amide bonds. The summed E-state index contributed by atoms with van der Waals surface area (Å²) in [6.07, 6.45) is 4.67. The zero-order valence-electron chi connectivity index (χ0n) is 12.1. The van der Waals surface area contributed by atoms with Crippen LogP contribution < -0.4 is 15.8 Å². The van der Waals surface area contributed by atoms with Gasteiger partial charge in [-0.05, 0) is 56.4 Å². The Hall–Kier alpha value is -1.55. The molecule has 2 rings (SSSR count). The molecule has 0 bridgehead atoms. The van der Waals surface area contributed by atoms with E-state index in [1.165, 1.54) is 0 Å². The van der Waals surface area contributed by atoms with Crippen molar-refractivity contribution in [2.45, 2.75) is 45.1 Å². The Morgan fingerprint density at radius 1 is 1.25 bits per heavy atom. The van der Waals surface area contributed by atoms with Crippen LogP contribution in [0.3, 0.4) is 0 Å². The van der Waals surface area contributed by atoms with Gasteiger partial charge < -0.3 is 15.8 Å². The lowest BCUT2D eigenvalue weighted by atomic mass is 9.86. The van der Waals surface area contributed by atoms with Crippen LogP contribution in [-0.2, 0) is 4.79 Å². The number of rotatable bonds is 5. The second kappa shape index (κ2) is 7.29. The zero-order valence-corrected chi connectivity index (χ0v) is 12.1. The number of nitrogens with two attached hydrogens (primary N) is 1. The van der Waals surface area contributed by atoms with Gasteiger partial charge in [-0.25, -0.2) is 0 Å². The predicted octanol–water partition coefficient (Wildman–Crippen LogP) is 2.93. The summed E-state index contributed by atoms with van der Waals surface area (Å²) in [6.45, 7) is 2.79. The SMILES string of the molecule is CCCOc1ccc(NC(=O)C2CCC(N)CC2)cc1. The summed E-state index contributed by atoms with van der Waals surface area (Å²) in [5.74, 6) is 1.05. The molecular weight excluding hydrogens is 252 g/mol. The van der Waals surface area contributed by atoms with Crippen molar-refractivity contribution in [3.63, 3.8) is 0 Å². The number of carbonyl (C=O) groups is 1. The van der Waals surface area contributed by atoms with Gasteiger partial charge in [0, 0.05) is 17.6 Å². The molecule has 1 aliphatic carbocycles. The molecule has 1 saturated carbocycles. The van der Waals surface area contributed by atoms with Crippen LogP contribution in [0, 0.1) is 5.92 Å². The quantitative estimate of drug-likeness (QED) is 0.869. The summed E-state index contributed by atoms with van der Waals surface area (Å²) in [4.78, 5) is 12.1. The van der Waals surface area contributed by atoms with Crippen LogP contribution in [0.1, 0.15) is 39.0 Å². The second-order valence-corrected chi connectivity index (χ2v) is 5.47. The Morgan fingerprint density at radius 3 is 2.50 bits per heavy atom. The number of hydrogen-bond donors (Lipinski definition) is 2. The number of carbonyl (C=O) groups excluding carboxylic acids is 1. The first kappa shape index (κ1) is 14.9. The summed E-state index contributed by atoms with van der Waals surface area (Å²) in [5.41, 5.74) is 6.69. The van der Waals surface area contributed by atoms with Gasteiger partial charge in [-0.1, -0.05) is 6.92 Å². The molecule has 0 heterocycles. The van der Waals surface area contributed by atoms with Crippen LogP contribution in [0.15, 0.2) is 24.3 Å².